The molecule has 1 aromatic carbocycles. The number of amides is 2. The SMILES string of the molecule is O=C1CC(NC2COc3ccccc32)C(=O)N1C1CC1. The fraction of sp³-hybridized carbons (Fsp3) is 0.467. The van der Waals surface area contributed by atoms with Crippen LogP contribution in [0, 0.1) is 0 Å². The molecule has 2 atom stereocenters. The monoisotopic (exact) mass is 272 g/mol. The normalized spacial score (nSPS) is 28.7. The van der Waals surface area contributed by atoms with Crippen molar-refractivity contribution in [3.05, 3.63) is 29.8 Å². The fourth-order valence-electron chi connectivity index (χ4n) is 3.04. The molecule has 5 heteroatoms. The zero-order chi connectivity index (χ0) is 13.7. The molecule has 20 heavy (non-hydrogen) atoms. The lowest BCUT2D eigenvalue weighted by molar-refractivity contribution is -0.139. The maximum atomic E-state index is 12.3. The molecule has 2 fully saturated rings. The highest BCUT2D eigenvalue weighted by Gasteiger charge is 2.46. The van der Waals surface area contributed by atoms with Crippen LogP contribution in [0.4, 0.5) is 0 Å². The van der Waals surface area contributed by atoms with Crippen LogP contribution in [0.25, 0.3) is 0 Å². The lowest BCUT2D eigenvalue weighted by Gasteiger charge is -2.17. The zero-order valence-electron chi connectivity index (χ0n) is 11.0. The van der Waals surface area contributed by atoms with Gasteiger partial charge in [0, 0.05) is 11.6 Å². The molecule has 2 heterocycles. The molecule has 1 aromatic rings. The molecule has 0 radical (unpaired) electrons. The third kappa shape index (κ3) is 1.81. The first-order valence-corrected chi connectivity index (χ1v) is 7.08. The summed E-state index contributed by atoms with van der Waals surface area (Å²) in [7, 11) is 0. The van der Waals surface area contributed by atoms with Gasteiger partial charge in [0.05, 0.1) is 18.5 Å². The van der Waals surface area contributed by atoms with E-state index in [9.17, 15) is 9.59 Å². The van der Waals surface area contributed by atoms with Crippen LogP contribution in [-0.4, -0.2) is 35.4 Å². The average molecular weight is 272 g/mol. The van der Waals surface area contributed by atoms with Crippen molar-refractivity contribution in [2.24, 2.45) is 0 Å². The fourth-order valence-corrected chi connectivity index (χ4v) is 3.04. The van der Waals surface area contributed by atoms with Gasteiger partial charge in [-0.1, -0.05) is 18.2 Å². The number of nitrogens with zero attached hydrogens (tertiary/aromatic N) is 1. The minimum absolute atomic E-state index is 0.00731. The average Bonchev–Trinajstić information content (AvgIpc) is 3.13. The number of likely N-dealkylation sites (tertiary alicyclic amines) is 1. The first-order chi connectivity index (χ1) is 9.74. The molecule has 0 aromatic heterocycles. The minimum atomic E-state index is -0.400. The minimum Gasteiger partial charge on any atom is -0.491 e. The Labute approximate surface area is 116 Å². The second kappa shape index (κ2) is 4.31. The van der Waals surface area contributed by atoms with Gasteiger partial charge < -0.3 is 4.74 Å². The molecular weight excluding hydrogens is 256 g/mol. The van der Waals surface area contributed by atoms with Crippen LogP contribution < -0.4 is 10.1 Å². The number of fused-ring (bicyclic) bond motifs is 1. The van der Waals surface area contributed by atoms with E-state index in [1.54, 1.807) is 0 Å². The molecule has 2 unspecified atom stereocenters. The molecular formula is C15H16N2O3. The van der Waals surface area contributed by atoms with Crippen molar-refractivity contribution in [2.45, 2.75) is 37.4 Å². The van der Waals surface area contributed by atoms with Gasteiger partial charge >= 0.3 is 0 Å². The molecule has 104 valence electrons. The Kier molecular flexibility index (Phi) is 2.57. The van der Waals surface area contributed by atoms with Crippen LogP contribution >= 0.6 is 0 Å². The summed E-state index contributed by atoms with van der Waals surface area (Å²) in [5, 5.41) is 3.29. The number of carbonyl (C=O) groups excluding carboxylic acids is 2. The number of benzene rings is 1. The van der Waals surface area contributed by atoms with E-state index < -0.39 is 6.04 Å². The molecule has 0 bridgehead atoms. The van der Waals surface area contributed by atoms with Gasteiger partial charge in [0.2, 0.25) is 11.8 Å². The van der Waals surface area contributed by atoms with Gasteiger partial charge in [0.15, 0.2) is 0 Å². The number of hydrogen-bond donors (Lipinski definition) is 1. The molecule has 0 spiro atoms. The van der Waals surface area contributed by atoms with Crippen molar-refractivity contribution in [2.75, 3.05) is 6.61 Å². The van der Waals surface area contributed by atoms with Crippen molar-refractivity contribution in [1.82, 2.24) is 10.2 Å². The number of nitrogens with one attached hydrogen (secondary N) is 1. The summed E-state index contributed by atoms with van der Waals surface area (Å²) in [4.78, 5) is 25.7. The highest BCUT2D eigenvalue weighted by atomic mass is 16.5. The van der Waals surface area contributed by atoms with E-state index in [2.05, 4.69) is 5.32 Å². The highest BCUT2D eigenvalue weighted by Crippen LogP contribution is 2.35. The molecule has 4 rings (SSSR count). The van der Waals surface area contributed by atoms with Gasteiger partial charge in [-0.3, -0.25) is 19.8 Å². The van der Waals surface area contributed by atoms with Gasteiger partial charge in [-0.05, 0) is 18.9 Å². The molecule has 1 saturated heterocycles. The van der Waals surface area contributed by atoms with Gasteiger partial charge in [-0.25, -0.2) is 0 Å². The molecule has 2 aliphatic heterocycles. The van der Waals surface area contributed by atoms with E-state index in [0.717, 1.165) is 24.2 Å². The van der Waals surface area contributed by atoms with E-state index in [1.165, 1.54) is 4.90 Å². The first-order valence-electron chi connectivity index (χ1n) is 7.08. The van der Waals surface area contributed by atoms with Crippen LogP contribution in [-0.2, 0) is 9.59 Å². The Balaban J connectivity index is 1.50. The molecule has 1 N–H and O–H groups in total. The summed E-state index contributed by atoms with van der Waals surface area (Å²) in [5.74, 6) is 0.755. The Morgan fingerprint density at radius 1 is 1.15 bits per heavy atom. The van der Waals surface area contributed by atoms with Crippen LogP contribution in [0.5, 0.6) is 5.75 Å². The zero-order valence-corrected chi connectivity index (χ0v) is 11.0. The summed E-state index contributed by atoms with van der Waals surface area (Å²) in [6.45, 7) is 0.515. The van der Waals surface area contributed by atoms with Crippen LogP contribution in [0.15, 0.2) is 24.3 Å². The molecule has 5 nitrogen and oxygen atoms in total. The van der Waals surface area contributed by atoms with E-state index in [-0.39, 0.29) is 30.3 Å². The highest BCUT2D eigenvalue weighted by molar-refractivity contribution is 6.06. The summed E-state index contributed by atoms with van der Waals surface area (Å²) < 4.78 is 5.60. The summed E-state index contributed by atoms with van der Waals surface area (Å²) in [6.07, 6.45) is 2.19. The Hall–Kier alpha value is -1.88. The molecule has 1 aliphatic carbocycles. The second-order valence-corrected chi connectivity index (χ2v) is 5.66. The van der Waals surface area contributed by atoms with Crippen LogP contribution in [0.2, 0.25) is 0 Å². The number of imide groups is 1. The van der Waals surface area contributed by atoms with E-state index in [4.69, 9.17) is 4.74 Å². The van der Waals surface area contributed by atoms with Gasteiger partial charge in [0.1, 0.15) is 12.4 Å². The molecule has 2 amide bonds. The Morgan fingerprint density at radius 3 is 2.75 bits per heavy atom. The summed E-state index contributed by atoms with van der Waals surface area (Å²) in [5.41, 5.74) is 1.07. The van der Waals surface area contributed by atoms with Gasteiger partial charge in [-0.15, -0.1) is 0 Å². The van der Waals surface area contributed by atoms with E-state index in [0.29, 0.717) is 6.61 Å². The Morgan fingerprint density at radius 2 is 1.95 bits per heavy atom. The van der Waals surface area contributed by atoms with Gasteiger partial charge in [0.25, 0.3) is 0 Å². The Bertz CT molecular complexity index is 582. The topological polar surface area (TPSA) is 58.6 Å². The molecule has 1 saturated carbocycles. The van der Waals surface area contributed by atoms with Crippen LogP contribution in [0.1, 0.15) is 30.9 Å². The lowest BCUT2D eigenvalue weighted by Crippen LogP contribution is -2.41. The van der Waals surface area contributed by atoms with Crippen molar-refractivity contribution in [1.29, 1.82) is 0 Å². The van der Waals surface area contributed by atoms with Crippen molar-refractivity contribution in [3.63, 3.8) is 0 Å². The third-order valence-corrected chi connectivity index (χ3v) is 4.20. The summed E-state index contributed by atoms with van der Waals surface area (Å²) >= 11 is 0. The quantitative estimate of drug-likeness (QED) is 0.834. The van der Waals surface area contributed by atoms with Crippen molar-refractivity contribution >= 4 is 11.8 Å². The predicted molar refractivity (Wildman–Crippen MR) is 71.1 cm³/mol. The van der Waals surface area contributed by atoms with Crippen molar-refractivity contribution < 1.29 is 14.3 Å². The standard InChI is InChI=1S/C15H16N2O3/c18-14-7-11(15(19)17(14)9-5-6-9)16-12-8-20-13-4-2-1-3-10(12)13/h1-4,9,11-12,16H,5-8H2. The first kappa shape index (κ1) is 11.9. The number of rotatable bonds is 3. The second-order valence-electron chi connectivity index (χ2n) is 5.66. The largest absolute Gasteiger partial charge is 0.491 e. The summed E-state index contributed by atoms with van der Waals surface area (Å²) in [6, 6.07) is 7.57. The maximum Gasteiger partial charge on any atom is 0.247 e. The van der Waals surface area contributed by atoms with Crippen molar-refractivity contribution in [3.8, 4) is 5.75 Å². The van der Waals surface area contributed by atoms with Crippen LogP contribution in [0.3, 0.4) is 0 Å². The molecule has 3 aliphatic rings. The number of ether oxygens (including phenoxy) is 1. The lowest BCUT2D eigenvalue weighted by atomic mass is 10.1. The third-order valence-electron chi connectivity index (χ3n) is 4.20. The number of para-hydroxylation sites is 1. The predicted octanol–water partition coefficient (Wildman–Crippen LogP) is 1.000. The smallest absolute Gasteiger partial charge is 0.247 e. The van der Waals surface area contributed by atoms with E-state index in [1.807, 2.05) is 24.3 Å². The number of carbonyl (C=O) groups is 2. The number of hydrogen-bond acceptors (Lipinski definition) is 4. The van der Waals surface area contributed by atoms with Gasteiger partial charge in [-0.2, -0.15) is 0 Å². The maximum absolute atomic E-state index is 12.3. The van der Waals surface area contributed by atoms with E-state index >= 15 is 0 Å².